The Hall–Kier alpha value is -2.87. The Morgan fingerprint density at radius 1 is 1.14 bits per heavy atom. The fraction of sp³-hybridized carbons (Fsp3) is 0.450. The number of nitrogens with zero attached hydrogens (tertiary/aromatic N) is 3. The minimum absolute atomic E-state index is 0.0161. The maximum Gasteiger partial charge on any atom is 0.271 e. The zero-order valence-electron chi connectivity index (χ0n) is 15.9. The average Bonchev–Trinajstić information content (AvgIpc) is 2.75. The van der Waals surface area contributed by atoms with Crippen LogP contribution in [0.3, 0.4) is 0 Å². The van der Waals surface area contributed by atoms with Gasteiger partial charge in [0, 0.05) is 44.4 Å². The van der Waals surface area contributed by atoms with Gasteiger partial charge in [-0.15, -0.1) is 0 Å². The summed E-state index contributed by atoms with van der Waals surface area (Å²) < 4.78 is 5.52. The van der Waals surface area contributed by atoms with Crippen LogP contribution >= 0.6 is 0 Å². The Balaban J connectivity index is 1.53. The summed E-state index contributed by atoms with van der Waals surface area (Å²) in [5.41, 5.74) is 1.38. The average molecular weight is 383 g/mol. The van der Waals surface area contributed by atoms with Gasteiger partial charge in [0.25, 0.3) is 5.91 Å². The molecule has 0 unspecified atom stereocenters. The van der Waals surface area contributed by atoms with Crippen molar-refractivity contribution >= 4 is 11.8 Å². The van der Waals surface area contributed by atoms with Crippen molar-refractivity contribution in [1.29, 1.82) is 0 Å². The number of methoxy groups -OCH3 is 1. The Labute approximate surface area is 164 Å². The van der Waals surface area contributed by atoms with Crippen LogP contribution in [-0.2, 0) is 16.0 Å². The zero-order valence-corrected chi connectivity index (χ0v) is 15.9. The molecule has 1 fully saturated rings. The molecule has 3 atom stereocenters. The van der Waals surface area contributed by atoms with Gasteiger partial charge in [-0.25, -0.2) is 4.98 Å². The van der Waals surface area contributed by atoms with Crippen LogP contribution in [0.5, 0.6) is 0 Å². The molecule has 2 N–H and O–H groups in total. The van der Waals surface area contributed by atoms with Gasteiger partial charge in [-0.05, 0) is 43.4 Å². The Kier molecular flexibility index (Phi) is 7.02. The lowest BCUT2D eigenvalue weighted by molar-refractivity contribution is -0.127. The summed E-state index contributed by atoms with van der Waals surface area (Å²) >= 11 is 0. The summed E-state index contributed by atoms with van der Waals surface area (Å²) in [5, 5.41) is 5.95. The van der Waals surface area contributed by atoms with E-state index < -0.39 is 0 Å². The van der Waals surface area contributed by atoms with Gasteiger partial charge in [0.2, 0.25) is 5.91 Å². The normalized spacial score (nSPS) is 21.7. The van der Waals surface area contributed by atoms with Crippen LogP contribution in [0.4, 0.5) is 0 Å². The number of nitrogens with one attached hydrogen (secondary N) is 2. The molecule has 28 heavy (non-hydrogen) atoms. The first kappa shape index (κ1) is 19.9. The van der Waals surface area contributed by atoms with E-state index in [1.165, 1.54) is 18.6 Å². The second kappa shape index (κ2) is 9.89. The predicted molar refractivity (Wildman–Crippen MR) is 102 cm³/mol. The minimum atomic E-state index is -0.307. The fourth-order valence-electron chi connectivity index (χ4n) is 3.50. The standard InChI is InChI=1S/C20H25N5O3/c1-28-18-3-2-15(19(26)24-9-6-14-4-7-21-8-5-14)12-16(18)25-20(27)17-13-22-10-11-23-17/h4-5,7-8,10-11,13,15-16,18H,2-3,6,9,12H2,1H3,(H,24,26)(H,25,27)/t15-,16+,18+/m0/s1. The molecule has 1 aliphatic carbocycles. The van der Waals surface area contributed by atoms with Gasteiger partial charge in [-0.1, -0.05) is 0 Å². The smallest absolute Gasteiger partial charge is 0.271 e. The maximum atomic E-state index is 12.6. The molecule has 8 heteroatoms. The Morgan fingerprint density at radius 2 is 1.96 bits per heavy atom. The molecule has 2 aromatic rings. The van der Waals surface area contributed by atoms with Gasteiger partial charge >= 0.3 is 0 Å². The lowest BCUT2D eigenvalue weighted by Gasteiger charge is -2.35. The lowest BCUT2D eigenvalue weighted by Crippen LogP contribution is -2.50. The second-order valence-electron chi connectivity index (χ2n) is 6.85. The quantitative estimate of drug-likeness (QED) is 0.743. The molecule has 0 radical (unpaired) electrons. The Morgan fingerprint density at radius 3 is 2.68 bits per heavy atom. The van der Waals surface area contributed by atoms with Crippen LogP contribution in [0.2, 0.25) is 0 Å². The number of hydrogen-bond donors (Lipinski definition) is 2. The molecule has 8 nitrogen and oxygen atoms in total. The highest BCUT2D eigenvalue weighted by Crippen LogP contribution is 2.27. The van der Waals surface area contributed by atoms with Crippen LogP contribution < -0.4 is 10.6 Å². The van der Waals surface area contributed by atoms with Crippen molar-refractivity contribution < 1.29 is 14.3 Å². The molecule has 2 heterocycles. The lowest BCUT2D eigenvalue weighted by atomic mass is 9.83. The molecule has 0 aromatic carbocycles. The molecule has 0 aliphatic heterocycles. The second-order valence-corrected chi connectivity index (χ2v) is 6.85. The van der Waals surface area contributed by atoms with Crippen molar-refractivity contribution in [2.24, 2.45) is 5.92 Å². The number of pyridine rings is 1. The molecule has 1 aliphatic rings. The third-order valence-electron chi connectivity index (χ3n) is 5.03. The van der Waals surface area contributed by atoms with E-state index >= 15 is 0 Å². The van der Waals surface area contributed by atoms with Gasteiger partial charge in [-0.3, -0.25) is 19.6 Å². The van der Waals surface area contributed by atoms with Gasteiger partial charge in [0.1, 0.15) is 5.69 Å². The first-order valence-electron chi connectivity index (χ1n) is 9.43. The van der Waals surface area contributed by atoms with Crippen molar-refractivity contribution in [2.45, 2.75) is 37.8 Å². The van der Waals surface area contributed by atoms with E-state index in [1.807, 2.05) is 12.1 Å². The van der Waals surface area contributed by atoms with E-state index in [-0.39, 0.29) is 35.6 Å². The van der Waals surface area contributed by atoms with E-state index in [0.717, 1.165) is 18.4 Å². The number of aromatic nitrogens is 3. The highest BCUT2D eigenvalue weighted by Gasteiger charge is 2.35. The summed E-state index contributed by atoms with van der Waals surface area (Å²) in [5.74, 6) is -0.447. The summed E-state index contributed by atoms with van der Waals surface area (Å²) in [6.45, 7) is 0.573. The van der Waals surface area contributed by atoms with Crippen molar-refractivity contribution in [3.8, 4) is 0 Å². The van der Waals surface area contributed by atoms with Crippen LogP contribution in [0, 0.1) is 5.92 Å². The third-order valence-corrected chi connectivity index (χ3v) is 5.03. The van der Waals surface area contributed by atoms with E-state index in [1.54, 1.807) is 19.5 Å². The highest BCUT2D eigenvalue weighted by atomic mass is 16.5. The number of ether oxygens (including phenoxy) is 1. The molecule has 0 spiro atoms. The summed E-state index contributed by atoms with van der Waals surface area (Å²) in [7, 11) is 1.63. The number of carbonyl (C=O) groups is 2. The van der Waals surface area contributed by atoms with Crippen molar-refractivity contribution in [3.05, 3.63) is 54.4 Å². The molecule has 3 rings (SSSR count). The van der Waals surface area contributed by atoms with Crippen LogP contribution in [0.1, 0.15) is 35.3 Å². The summed E-state index contributed by atoms with van der Waals surface area (Å²) in [6, 6.07) is 3.63. The van der Waals surface area contributed by atoms with Crippen molar-refractivity contribution in [3.63, 3.8) is 0 Å². The van der Waals surface area contributed by atoms with Crippen LogP contribution in [0.15, 0.2) is 43.1 Å². The van der Waals surface area contributed by atoms with E-state index in [9.17, 15) is 9.59 Å². The molecule has 2 aromatic heterocycles. The SMILES string of the molecule is CO[C@@H]1CC[C@H](C(=O)NCCc2ccncc2)C[C@H]1NC(=O)c1cnccn1. The molecule has 2 amide bonds. The molecule has 1 saturated carbocycles. The van der Waals surface area contributed by atoms with Crippen molar-refractivity contribution in [1.82, 2.24) is 25.6 Å². The number of carbonyl (C=O) groups excluding carboxylic acids is 2. The number of amides is 2. The van der Waals surface area contributed by atoms with Gasteiger partial charge in [-0.2, -0.15) is 0 Å². The molecule has 0 saturated heterocycles. The van der Waals surface area contributed by atoms with Crippen LogP contribution in [0.25, 0.3) is 0 Å². The first-order valence-corrected chi connectivity index (χ1v) is 9.43. The predicted octanol–water partition coefficient (Wildman–Crippen LogP) is 1.14. The highest BCUT2D eigenvalue weighted by molar-refractivity contribution is 5.92. The topological polar surface area (TPSA) is 106 Å². The summed E-state index contributed by atoms with van der Waals surface area (Å²) in [6.07, 6.45) is 10.5. The van der Waals surface area contributed by atoms with E-state index in [2.05, 4.69) is 25.6 Å². The molecular formula is C20H25N5O3. The van der Waals surface area contributed by atoms with Crippen molar-refractivity contribution in [2.75, 3.05) is 13.7 Å². The molecular weight excluding hydrogens is 358 g/mol. The van der Waals surface area contributed by atoms with Crippen LogP contribution in [-0.4, -0.2) is 52.6 Å². The Bertz CT molecular complexity index is 772. The van der Waals surface area contributed by atoms with Gasteiger partial charge in [0.05, 0.1) is 18.3 Å². The molecule has 148 valence electrons. The third kappa shape index (κ3) is 5.32. The first-order chi connectivity index (χ1) is 13.7. The number of rotatable bonds is 7. The largest absolute Gasteiger partial charge is 0.379 e. The minimum Gasteiger partial charge on any atom is -0.379 e. The van der Waals surface area contributed by atoms with Gasteiger partial charge in [0.15, 0.2) is 0 Å². The maximum absolute atomic E-state index is 12.6. The van der Waals surface area contributed by atoms with E-state index in [0.29, 0.717) is 19.4 Å². The fourth-order valence-corrected chi connectivity index (χ4v) is 3.50. The monoisotopic (exact) mass is 383 g/mol. The molecule has 0 bridgehead atoms. The van der Waals surface area contributed by atoms with Gasteiger partial charge < -0.3 is 15.4 Å². The summed E-state index contributed by atoms with van der Waals surface area (Å²) in [4.78, 5) is 36.9. The number of hydrogen-bond acceptors (Lipinski definition) is 6. The zero-order chi connectivity index (χ0) is 19.8. The van der Waals surface area contributed by atoms with E-state index in [4.69, 9.17) is 4.74 Å².